The summed E-state index contributed by atoms with van der Waals surface area (Å²) in [4.78, 5) is 22.6. The van der Waals surface area contributed by atoms with Gasteiger partial charge in [0.2, 0.25) is 5.91 Å². The lowest BCUT2D eigenvalue weighted by Crippen LogP contribution is -2.17. The molecule has 1 amide bonds. The van der Waals surface area contributed by atoms with E-state index in [9.17, 15) is 4.79 Å². The first kappa shape index (κ1) is 20.5. The van der Waals surface area contributed by atoms with Crippen LogP contribution in [-0.4, -0.2) is 42.3 Å². The van der Waals surface area contributed by atoms with E-state index in [1.165, 1.54) is 11.8 Å². The van der Waals surface area contributed by atoms with Crippen molar-refractivity contribution in [1.82, 2.24) is 0 Å². The normalized spacial score (nSPS) is 16.9. The highest BCUT2D eigenvalue weighted by molar-refractivity contribution is 8.16. The van der Waals surface area contributed by atoms with Crippen molar-refractivity contribution < 1.29 is 14.3 Å². The number of ether oxygens (including phenoxy) is 2. The minimum atomic E-state index is -0.326. The number of anilines is 1. The van der Waals surface area contributed by atoms with Crippen LogP contribution in [-0.2, 0) is 4.79 Å². The van der Waals surface area contributed by atoms with Gasteiger partial charge in [0.05, 0.1) is 25.7 Å². The summed E-state index contributed by atoms with van der Waals surface area (Å²) in [5.41, 5.74) is 2.29. The Kier molecular flexibility index (Phi) is 6.08. The monoisotopic (exact) mass is 423 g/mol. The summed E-state index contributed by atoms with van der Waals surface area (Å²) in [6.07, 6.45) is 4.25. The maximum Gasteiger partial charge on any atom is 0.234 e. The van der Waals surface area contributed by atoms with Crippen molar-refractivity contribution in [2.45, 2.75) is 31.3 Å². The Labute approximate surface area is 180 Å². The number of thioether (sulfide) groups is 1. The molecule has 0 radical (unpaired) electrons. The van der Waals surface area contributed by atoms with E-state index in [0.29, 0.717) is 17.2 Å². The van der Waals surface area contributed by atoms with Crippen LogP contribution in [0.5, 0.6) is 11.5 Å². The lowest BCUT2D eigenvalue weighted by molar-refractivity contribution is -0.113. The van der Waals surface area contributed by atoms with Crippen molar-refractivity contribution in [3.05, 3.63) is 54.1 Å². The maximum atomic E-state index is 12.6. The van der Waals surface area contributed by atoms with Crippen LogP contribution in [0.1, 0.15) is 31.2 Å². The van der Waals surface area contributed by atoms with Crippen molar-refractivity contribution in [2.75, 3.05) is 25.3 Å². The third-order valence-corrected chi connectivity index (χ3v) is 6.26. The Morgan fingerprint density at radius 2 is 1.77 bits per heavy atom. The van der Waals surface area contributed by atoms with E-state index in [0.717, 1.165) is 42.0 Å². The Morgan fingerprint density at radius 1 is 1.03 bits per heavy atom. The average molecular weight is 424 g/mol. The number of hydrogen-bond donors (Lipinski definition) is 1. The molecule has 4 rings (SSSR count). The van der Waals surface area contributed by atoms with Crippen LogP contribution in [0.3, 0.4) is 0 Å². The average Bonchev–Trinajstić information content (AvgIpc) is 3.39. The smallest absolute Gasteiger partial charge is 0.234 e. The fraction of sp³-hybridized carbons (Fsp3) is 0.348. The van der Waals surface area contributed by atoms with E-state index >= 15 is 0 Å². The number of rotatable bonds is 6. The van der Waals surface area contributed by atoms with Gasteiger partial charge >= 0.3 is 0 Å². The number of nitrogens with zero attached hydrogens (tertiary/aromatic N) is 2. The summed E-state index contributed by atoms with van der Waals surface area (Å²) in [5.74, 6) is 1.35. The third kappa shape index (κ3) is 4.36. The summed E-state index contributed by atoms with van der Waals surface area (Å²) in [6.45, 7) is 0. The van der Waals surface area contributed by atoms with E-state index < -0.39 is 0 Å². The molecule has 1 heterocycles. The lowest BCUT2D eigenvalue weighted by atomic mass is 10.1. The van der Waals surface area contributed by atoms with Crippen molar-refractivity contribution >= 4 is 34.1 Å². The van der Waals surface area contributed by atoms with Gasteiger partial charge in [0, 0.05) is 17.3 Å². The molecular formula is C23H25N3O3S. The second-order valence-corrected chi connectivity index (χ2v) is 8.30. The molecule has 7 heteroatoms. The fourth-order valence-corrected chi connectivity index (χ4v) is 4.69. The highest BCUT2D eigenvalue weighted by Crippen LogP contribution is 2.40. The number of benzene rings is 2. The van der Waals surface area contributed by atoms with Crippen LogP contribution in [0.2, 0.25) is 0 Å². The SMILES string of the molecule is COc1ccc(NC(=O)CSC2=NC3(CCCC3)N=C2c2ccccc2)cc1OC. The molecule has 0 saturated heterocycles. The quantitative estimate of drug-likeness (QED) is 0.740. The molecule has 1 fully saturated rings. The van der Waals surface area contributed by atoms with Crippen LogP contribution in [0.15, 0.2) is 58.5 Å². The molecule has 2 aliphatic rings. The molecule has 0 aromatic heterocycles. The topological polar surface area (TPSA) is 72.3 Å². The van der Waals surface area contributed by atoms with Gasteiger partial charge in [-0.05, 0) is 37.8 Å². The van der Waals surface area contributed by atoms with Crippen LogP contribution in [0.4, 0.5) is 5.69 Å². The Morgan fingerprint density at radius 3 is 2.47 bits per heavy atom. The predicted octanol–water partition coefficient (Wildman–Crippen LogP) is 4.55. The minimum absolute atomic E-state index is 0.102. The Hall–Kier alpha value is -2.80. The fourth-order valence-electron chi connectivity index (χ4n) is 3.82. The Balaban J connectivity index is 1.45. The van der Waals surface area contributed by atoms with Gasteiger partial charge < -0.3 is 14.8 Å². The molecule has 156 valence electrons. The molecule has 2 aromatic rings. The zero-order chi connectivity index (χ0) is 21.0. The van der Waals surface area contributed by atoms with Gasteiger partial charge in [0.15, 0.2) is 17.2 Å². The van der Waals surface area contributed by atoms with Crippen molar-refractivity contribution in [1.29, 1.82) is 0 Å². The van der Waals surface area contributed by atoms with E-state index in [4.69, 9.17) is 19.5 Å². The van der Waals surface area contributed by atoms with E-state index in [1.54, 1.807) is 32.4 Å². The number of carbonyl (C=O) groups excluding carboxylic acids is 1. The largest absolute Gasteiger partial charge is 0.493 e. The van der Waals surface area contributed by atoms with Crippen molar-refractivity contribution in [2.24, 2.45) is 9.98 Å². The molecule has 1 saturated carbocycles. The van der Waals surface area contributed by atoms with Crippen LogP contribution in [0.25, 0.3) is 0 Å². The molecule has 1 spiro atoms. The predicted molar refractivity (Wildman–Crippen MR) is 122 cm³/mol. The lowest BCUT2D eigenvalue weighted by Gasteiger charge is -2.14. The third-order valence-electron chi connectivity index (χ3n) is 5.29. The number of nitrogens with one attached hydrogen (secondary N) is 1. The Bertz CT molecular complexity index is 982. The highest BCUT2D eigenvalue weighted by atomic mass is 32.2. The van der Waals surface area contributed by atoms with Crippen LogP contribution in [0, 0.1) is 0 Å². The molecule has 0 bridgehead atoms. The van der Waals surface area contributed by atoms with Crippen molar-refractivity contribution in [3.8, 4) is 11.5 Å². The number of carbonyl (C=O) groups is 1. The number of aliphatic imine (C=N–C) groups is 2. The number of hydrogen-bond acceptors (Lipinski definition) is 6. The standard InChI is InChI=1S/C23H25N3O3S/c1-28-18-11-10-17(14-19(18)29-2)24-20(27)15-30-22-21(16-8-4-3-5-9-16)25-23(26-22)12-6-7-13-23/h3-5,8-11,14H,6-7,12-13,15H2,1-2H3,(H,24,27). The zero-order valence-electron chi connectivity index (χ0n) is 17.2. The molecule has 1 aliphatic heterocycles. The second-order valence-electron chi connectivity index (χ2n) is 7.34. The first-order valence-electron chi connectivity index (χ1n) is 10.0. The molecule has 30 heavy (non-hydrogen) atoms. The van der Waals surface area contributed by atoms with Crippen LogP contribution < -0.4 is 14.8 Å². The molecule has 0 atom stereocenters. The van der Waals surface area contributed by atoms with Gasteiger partial charge in [-0.1, -0.05) is 42.1 Å². The number of amides is 1. The first-order valence-corrected chi connectivity index (χ1v) is 11.0. The minimum Gasteiger partial charge on any atom is -0.493 e. The molecule has 1 N–H and O–H groups in total. The van der Waals surface area contributed by atoms with Gasteiger partial charge in [0.25, 0.3) is 0 Å². The van der Waals surface area contributed by atoms with Gasteiger partial charge in [-0.15, -0.1) is 0 Å². The van der Waals surface area contributed by atoms with E-state index in [2.05, 4.69) is 5.32 Å². The molecule has 0 unspecified atom stereocenters. The summed E-state index contributed by atoms with van der Waals surface area (Å²) in [7, 11) is 3.15. The summed E-state index contributed by atoms with van der Waals surface area (Å²) in [6, 6.07) is 15.4. The molecule has 2 aromatic carbocycles. The zero-order valence-corrected chi connectivity index (χ0v) is 18.0. The van der Waals surface area contributed by atoms with Gasteiger partial charge in [-0.2, -0.15) is 0 Å². The first-order chi connectivity index (χ1) is 14.6. The molecular weight excluding hydrogens is 398 g/mol. The summed E-state index contributed by atoms with van der Waals surface area (Å²) in [5, 5.41) is 3.77. The molecule has 6 nitrogen and oxygen atoms in total. The van der Waals surface area contributed by atoms with E-state index in [-0.39, 0.29) is 17.3 Å². The number of methoxy groups -OCH3 is 2. The van der Waals surface area contributed by atoms with E-state index in [1.807, 2.05) is 30.3 Å². The van der Waals surface area contributed by atoms with Crippen LogP contribution >= 0.6 is 11.8 Å². The summed E-state index contributed by atoms with van der Waals surface area (Å²) >= 11 is 1.44. The van der Waals surface area contributed by atoms with Gasteiger partial charge in [0.1, 0.15) is 5.04 Å². The molecule has 1 aliphatic carbocycles. The van der Waals surface area contributed by atoms with Crippen molar-refractivity contribution in [3.63, 3.8) is 0 Å². The van der Waals surface area contributed by atoms with Gasteiger partial charge in [-0.3, -0.25) is 9.79 Å². The second kappa shape index (κ2) is 8.92. The highest BCUT2D eigenvalue weighted by Gasteiger charge is 2.39. The maximum absolute atomic E-state index is 12.6. The summed E-state index contributed by atoms with van der Waals surface area (Å²) < 4.78 is 10.5. The van der Waals surface area contributed by atoms with Gasteiger partial charge in [-0.25, -0.2) is 4.99 Å².